The monoisotopic (exact) mass is 475 g/mol. The molecule has 0 bridgehead atoms. The Bertz CT molecular complexity index is 524. The average Bonchev–Trinajstić information content (AvgIpc) is 2.65. The number of nitrogens with two attached hydrogens (primary N) is 1. The summed E-state index contributed by atoms with van der Waals surface area (Å²) in [6.07, 6.45) is 5.08. The molecule has 26 heavy (non-hydrogen) atoms. The minimum Gasteiger partial charge on any atom is -0.381 e. The molecule has 1 aliphatic heterocycles. The van der Waals surface area contributed by atoms with E-state index in [4.69, 9.17) is 15.2 Å². The molecule has 1 aromatic carbocycles. The van der Waals surface area contributed by atoms with Crippen LogP contribution in [0.5, 0.6) is 0 Å². The number of halogens is 1. The molecule has 1 saturated heterocycles. The van der Waals surface area contributed by atoms with Crippen molar-refractivity contribution in [2.24, 2.45) is 16.6 Å². The Morgan fingerprint density at radius 3 is 2.50 bits per heavy atom. The van der Waals surface area contributed by atoms with Crippen molar-refractivity contribution in [2.45, 2.75) is 46.0 Å². The van der Waals surface area contributed by atoms with Crippen molar-refractivity contribution < 1.29 is 9.47 Å². The number of aryl methyl sites for hydroxylation is 2. The topological polar surface area (TPSA) is 68.9 Å². The van der Waals surface area contributed by atoms with Gasteiger partial charge in [0.1, 0.15) is 0 Å². The maximum absolute atomic E-state index is 6.07. The molecule has 1 fully saturated rings. The van der Waals surface area contributed by atoms with Gasteiger partial charge in [-0.25, -0.2) is 0 Å². The van der Waals surface area contributed by atoms with Crippen LogP contribution in [0, 0.1) is 5.92 Å². The number of ether oxygens (including phenoxy) is 2. The van der Waals surface area contributed by atoms with Gasteiger partial charge in [0.15, 0.2) is 5.96 Å². The lowest BCUT2D eigenvalue weighted by Gasteiger charge is -2.21. The summed E-state index contributed by atoms with van der Waals surface area (Å²) in [5.41, 5.74) is 9.73. The first-order valence-corrected chi connectivity index (χ1v) is 9.57. The predicted octanol–water partition coefficient (Wildman–Crippen LogP) is 3.99. The van der Waals surface area contributed by atoms with E-state index in [-0.39, 0.29) is 24.0 Å². The second-order valence-corrected chi connectivity index (χ2v) is 6.53. The van der Waals surface area contributed by atoms with Crippen LogP contribution < -0.4 is 11.1 Å². The molecule has 0 atom stereocenters. The third kappa shape index (κ3) is 7.80. The van der Waals surface area contributed by atoms with E-state index in [1.165, 1.54) is 11.1 Å². The second-order valence-electron chi connectivity index (χ2n) is 6.53. The van der Waals surface area contributed by atoms with Crippen molar-refractivity contribution in [3.63, 3.8) is 0 Å². The van der Waals surface area contributed by atoms with E-state index < -0.39 is 0 Å². The molecular weight excluding hydrogens is 441 g/mol. The van der Waals surface area contributed by atoms with Crippen LogP contribution in [0.25, 0.3) is 0 Å². The molecule has 3 N–H and O–H groups in total. The Morgan fingerprint density at radius 1 is 1.23 bits per heavy atom. The fraction of sp³-hybridized carbons (Fsp3) is 0.650. The van der Waals surface area contributed by atoms with Gasteiger partial charge in [0.2, 0.25) is 0 Å². The zero-order valence-electron chi connectivity index (χ0n) is 16.1. The molecule has 2 rings (SSSR count). The van der Waals surface area contributed by atoms with Crippen molar-refractivity contribution in [1.29, 1.82) is 0 Å². The molecule has 5 nitrogen and oxygen atoms in total. The van der Waals surface area contributed by atoms with Crippen molar-refractivity contribution >= 4 is 35.6 Å². The second kappa shape index (κ2) is 13.3. The van der Waals surface area contributed by atoms with Gasteiger partial charge in [-0.1, -0.05) is 32.0 Å². The number of para-hydroxylation sites is 1. The SMILES string of the molecule is CCc1cccc(CC)c1NC(N)=NCCCOCC1CCOCC1.I. The van der Waals surface area contributed by atoms with Crippen LogP contribution in [0.3, 0.4) is 0 Å². The lowest BCUT2D eigenvalue weighted by atomic mass is 10.0. The number of hydrogen-bond donors (Lipinski definition) is 2. The number of benzene rings is 1. The Hall–Kier alpha value is -0.860. The van der Waals surface area contributed by atoms with Crippen LogP contribution in [0.2, 0.25) is 0 Å². The molecule has 0 unspecified atom stereocenters. The Balaban J connectivity index is 0.00000338. The van der Waals surface area contributed by atoms with Crippen molar-refractivity contribution in [1.82, 2.24) is 0 Å². The Morgan fingerprint density at radius 2 is 1.88 bits per heavy atom. The van der Waals surface area contributed by atoms with Crippen molar-refractivity contribution in [3.05, 3.63) is 29.3 Å². The first-order valence-electron chi connectivity index (χ1n) is 9.57. The third-order valence-electron chi connectivity index (χ3n) is 4.68. The van der Waals surface area contributed by atoms with E-state index >= 15 is 0 Å². The predicted molar refractivity (Wildman–Crippen MR) is 120 cm³/mol. The molecule has 6 heteroatoms. The first kappa shape index (κ1) is 23.2. The zero-order valence-corrected chi connectivity index (χ0v) is 18.5. The Kier molecular flexibility index (Phi) is 11.9. The van der Waals surface area contributed by atoms with Gasteiger partial charge in [-0.2, -0.15) is 0 Å². The zero-order chi connectivity index (χ0) is 17.9. The molecule has 0 saturated carbocycles. The fourth-order valence-electron chi connectivity index (χ4n) is 3.10. The smallest absolute Gasteiger partial charge is 0.193 e. The van der Waals surface area contributed by atoms with Gasteiger partial charge in [0.25, 0.3) is 0 Å². The standard InChI is InChI=1S/C20H33N3O2.HI/c1-3-17-7-5-8-18(4-2)19(17)23-20(21)22-11-6-12-25-15-16-9-13-24-14-10-16;/h5,7-8,16H,3-4,6,9-15H2,1-2H3,(H3,21,22,23);1H. The van der Waals surface area contributed by atoms with E-state index in [0.717, 1.165) is 64.2 Å². The lowest BCUT2D eigenvalue weighted by molar-refractivity contribution is 0.0205. The molecule has 0 aromatic heterocycles. The van der Waals surface area contributed by atoms with E-state index in [2.05, 4.69) is 42.4 Å². The summed E-state index contributed by atoms with van der Waals surface area (Å²) in [5, 5.41) is 3.30. The summed E-state index contributed by atoms with van der Waals surface area (Å²) in [7, 11) is 0. The number of aliphatic imine (C=N–C) groups is 1. The van der Waals surface area contributed by atoms with Crippen LogP contribution in [-0.4, -0.2) is 38.9 Å². The van der Waals surface area contributed by atoms with Crippen LogP contribution >= 0.6 is 24.0 Å². The highest BCUT2D eigenvalue weighted by Crippen LogP contribution is 2.22. The summed E-state index contributed by atoms with van der Waals surface area (Å²) in [6.45, 7) is 8.32. The molecule has 1 aromatic rings. The van der Waals surface area contributed by atoms with E-state index in [0.29, 0.717) is 18.4 Å². The van der Waals surface area contributed by atoms with E-state index in [9.17, 15) is 0 Å². The summed E-state index contributed by atoms with van der Waals surface area (Å²) in [5.74, 6) is 1.14. The van der Waals surface area contributed by atoms with Crippen LogP contribution in [0.15, 0.2) is 23.2 Å². The maximum Gasteiger partial charge on any atom is 0.193 e. The number of nitrogens with zero attached hydrogens (tertiary/aromatic N) is 1. The number of guanidine groups is 1. The van der Waals surface area contributed by atoms with Gasteiger partial charge in [0, 0.05) is 38.7 Å². The van der Waals surface area contributed by atoms with Gasteiger partial charge >= 0.3 is 0 Å². The summed E-state index contributed by atoms with van der Waals surface area (Å²) in [4.78, 5) is 4.44. The molecule has 0 amide bonds. The van der Waals surface area contributed by atoms with Gasteiger partial charge in [-0.3, -0.25) is 4.99 Å². The first-order chi connectivity index (χ1) is 12.2. The van der Waals surface area contributed by atoms with E-state index in [1.54, 1.807) is 0 Å². The van der Waals surface area contributed by atoms with E-state index in [1.807, 2.05) is 0 Å². The molecule has 0 radical (unpaired) electrons. The molecule has 0 spiro atoms. The number of anilines is 1. The van der Waals surface area contributed by atoms with Crippen LogP contribution in [0.1, 0.15) is 44.2 Å². The molecular formula is C20H34IN3O2. The van der Waals surface area contributed by atoms with Gasteiger partial charge < -0.3 is 20.5 Å². The molecule has 0 aliphatic carbocycles. The minimum absolute atomic E-state index is 0. The van der Waals surface area contributed by atoms with Crippen molar-refractivity contribution in [3.8, 4) is 0 Å². The van der Waals surface area contributed by atoms with Gasteiger partial charge in [-0.05, 0) is 49.1 Å². The quantitative estimate of drug-likeness (QED) is 0.245. The average molecular weight is 475 g/mol. The molecule has 1 aliphatic rings. The largest absolute Gasteiger partial charge is 0.381 e. The maximum atomic E-state index is 6.07. The highest BCUT2D eigenvalue weighted by molar-refractivity contribution is 14.0. The lowest BCUT2D eigenvalue weighted by Crippen LogP contribution is -2.24. The highest BCUT2D eigenvalue weighted by Gasteiger charge is 2.13. The van der Waals surface area contributed by atoms with Crippen LogP contribution in [0.4, 0.5) is 5.69 Å². The summed E-state index contributed by atoms with van der Waals surface area (Å²) < 4.78 is 11.1. The number of hydrogen-bond acceptors (Lipinski definition) is 3. The summed E-state index contributed by atoms with van der Waals surface area (Å²) in [6, 6.07) is 6.38. The van der Waals surface area contributed by atoms with Gasteiger partial charge in [0.05, 0.1) is 0 Å². The number of nitrogens with one attached hydrogen (secondary N) is 1. The third-order valence-corrected chi connectivity index (χ3v) is 4.68. The van der Waals surface area contributed by atoms with Crippen LogP contribution in [-0.2, 0) is 22.3 Å². The summed E-state index contributed by atoms with van der Waals surface area (Å²) >= 11 is 0. The number of rotatable bonds is 9. The highest BCUT2D eigenvalue weighted by atomic mass is 127. The fourth-order valence-corrected chi connectivity index (χ4v) is 3.10. The Labute approximate surface area is 175 Å². The normalized spacial score (nSPS) is 15.5. The van der Waals surface area contributed by atoms with Crippen molar-refractivity contribution in [2.75, 3.05) is 38.3 Å². The minimum atomic E-state index is 0. The molecule has 148 valence electrons. The van der Waals surface area contributed by atoms with Gasteiger partial charge in [-0.15, -0.1) is 24.0 Å². The molecule has 1 heterocycles.